The highest BCUT2D eigenvalue weighted by atomic mass is 32.1. The summed E-state index contributed by atoms with van der Waals surface area (Å²) in [5.74, 6) is 0.918. The lowest BCUT2D eigenvalue weighted by molar-refractivity contribution is 0.340. The molecule has 21 heavy (non-hydrogen) atoms. The Labute approximate surface area is 130 Å². The Morgan fingerprint density at radius 2 is 2.00 bits per heavy atom. The molecule has 3 nitrogen and oxygen atoms in total. The number of hydrogen-bond donors (Lipinski definition) is 1. The lowest BCUT2D eigenvalue weighted by Crippen LogP contribution is -2.25. The first-order valence-corrected chi connectivity index (χ1v) is 8.64. The van der Waals surface area contributed by atoms with Crippen LogP contribution in [0.15, 0.2) is 29.6 Å². The standard InChI is InChI=1S/C17H22N2OS/c1-2-20-16-9-7-13(8-10-16)17-19-15(12-21-17)11-18-14-5-3-4-6-14/h7-10,12,14,18H,2-6,11H2,1H3. The number of thiazole rings is 1. The molecular formula is C17H22N2OS. The zero-order valence-corrected chi connectivity index (χ0v) is 13.3. The van der Waals surface area contributed by atoms with Crippen molar-refractivity contribution in [3.8, 4) is 16.3 Å². The lowest BCUT2D eigenvalue weighted by atomic mass is 10.2. The van der Waals surface area contributed by atoms with E-state index in [0.717, 1.165) is 28.6 Å². The number of benzene rings is 1. The Balaban J connectivity index is 1.60. The quantitative estimate of drug-likeness (QED) is 0.866. The van der Waals surface area contributed by atoms with Gasteiger partial charge in [0, 0.05) is 23.5 Å². The molecular weight excluding hydrogens is 280 g/mol. The maximum absolute atomic E-state index is 5.47. The maximum atomic E-state index is 5.47. The van der Waals surface area contributed by atoms with Gasteiger partial charge in [0.2, 0.25) is 0 Å². The molecule has 0 saturated heterocycles. The van der Waals surface area contributed by atoms with Crippen molar-refractivity contribution in [3.63, 3.8) is 0 Å². The fourth-order valence-electron chi connectivity index (χ4n) is 2.76. The van der Waals surface area contributed by atoms with Gasteiger partial charge in [-0.15, -0.1) is 11.3 Å². The molecule has 3 rings (SSSR count). The molecule has 1 aliphatic rings. The van der Waals surface area contributed by atoms with Gasteiger partial charge in [-0.25, -0.2) is 4.98 Å². The molecule has 0 bridgehead atoms. The third kappa shape index (κ3) is 3.83. The molecule has 1 aromatic carbocycles. The Hall–Kier alpha value is -1.39. The van der Waals surface area contributed by atoms with Crippen molar-refractivity contribution in [1.29, 1.82) is 0 Å². The Kier molecular flexibility index (Phi) is 4.88. The molecule has 1 aromatic heterocycles. The van der Waals surface area contributed by atoms with Gasteiger partial charge in [0.05, 0.1) is 12.3 Å². The van der Waals surface area contributed by atoms with Gasteiger partial charge in [-0.05, 0) is 44.0 Å². The fraction of sp³-hybridized carbons (Fsp3) is 0.471. The van der Waals surface area contributed by atoms with Gasteiger partial charge in [0.25, 0.3) is 0 Å². The summed E-state index contributed by atoms with van der Waals surface area (Å²) < 4.78 is 5.47. The van der Waals surface area contributed by atoms with Gasteiger partial charge in [-0.1, -0.05) is 12.8 Å². The molecule has 112 valence electrons. The molecule has 1 N–H and O–H groups in total. The van der Waals surface area contributed by atoms with Crippen molar-refractivity contribution in [2.45, 2.75) is 45.2 Å². The summed E-state index contributed by atoms with van der Waals surface area (Å²) >= 11 is 1.71. The van der Waals surface area contributed by atoms with Crippen molar-refractivity contribution >= 4 is 11.3 Å². The summed E-state index contributed by atoms with van der Waals surface area (Å²) in [6, 6.07) is 8.88. The van der Waals surface area contributed by atoms with E-state index in [1.807, 2.05) is 19.1 Å². The van der Waals surface area contributed by atoms with Crippen LogP contribution >= 0.6 is 11.3 Å². The summed E-state index contributed by atoms with van der Waals surface area (Å²) in [6.07, 6.45) is 5.37. The van der Waals surface area contributed by atoms with E-state index in [4.69, 9.17) is 9.72 Å². The highest BCUT2D eigenvalue weighted by Crippen LogP contribution is 2.26. The first-order valence-electron chi connectivity index (χ1n) is 7.76. The number of nitrogens with one attached hydrogen (secondary N) is 1. The van der Waals surface area contributed by atoms with Crippen LogP contribution in [0.25, 0.3) is 10.6 Å². The Morgan fingerprint density at radius 1 is 1.24 bits per heavy atom. The third-order valence-electron chi connectivity index (χ3n) is 3.89. The maximum Gasteiger partial charge on any atom is 0.123 e. The average molecular weight is 302 g/mol. The number of nitrogens with zero attached hydrogens (tertiary/aromatic N) is 1. The molecule has 2 aromatic rings. The number of ether oxygens (including phenoxy) is 1. The van der Waals surface area contributed by atoms with Crippen LogP contribution in [0, 0.1) is 0 Å². The summed E-state index contributed by atoms with van der Waals surface area (Å²) in [5.41, 5.74) is 2.31. The SMILES string of the molecule is CCOc1ccc(-c2nc(CNC3CCCC3)cs2)cc1. The summed E-state index contributed by atoms with van der Waals surface area (Å²) in [5, 5.41) is 6.86. The molecule has 0 atom stereocenters. The van der Waals surface area contributed by atoms with Gasteiger partial charge >= 0.3 is 0 Å². The van der Waals surface area contributed by atoms with E-state index in [2.05, 4.69) is 22.8 Å². The average Bonchev–Trinajstić information content (AvgIpc) is 3.18. The van der Waals surface area contributed by atoms with Crippen LogP contribution in [0.2, 0.25) is 0 Å². The normalized spacial score (nSPS) is 15.5. The second-order valence-electron chi connectivity index (χ2n) is 5.46. The van der Waals surface area contributed by atoms with Crippen LogP contribution in [0.1, 0.15) is 38.3 Å². The fourth-order valence-corrected chi connectivity index (χ4v) is 3.59. The van der Waals surface area contributed by atoms with Gasteiger partial charge in [-0.2, -0.15) is 0 Å². The molecule has 1 heterocycles. The molecule has 0 spiro atoms. The van der Waals surface area contributed by atoms with Crippen molar-refractivity contribution in [2.24, 2.45) is 0 Å². The van der Waals surface area contributed by atoms with Gasteiger partial charge in [0.15, 0.2) is 0 Å². The van der Waals surface area contributed by atoms with Gasteiger partial charge < -0.3 is 10.1 Å². The van der Waals surface area contributed by atoms with E-state index in [1.54, 1.807) is 11.3 Å². The van der Waals surface area contributed by atoms with Crippen molar-refractivity contribution in [3.05, 3.63) is 35.3 Å². The number of hydrogen-bond acceptors (Lipinski definition) is 4. The number of rotatable bonds is 6. The van der Waals surface area contributed by atoms with E-state index in [1.165, 1.54) is 25.7 Å². The van der Waals surface area contributed by atoms with Crippen molar-refractivity contribution in [1.82, 2.24) is 10.3 Å². The van der Waals surface area contributed by atoms with E-state index in [9.17, 15) is 0 Å². The minimum atomic E-state index is 0.695. The second kappa shape index (κ2) is 7.05. The van der Waals surface area contributed by atoms with Crippen molar-refractivity contribution < 1.29 is 4.74 Å². The molecule has 1 fully saturated rings. The van der Waals surface area contributed by atoms with Crippen LogP contribution in [-0.4, -0.2) is 17.6 Å². The predicted octanol–water partition coefficient (Wildman–Crippen LogP) is 4.24. The second-order valence-corrected chi connectivity index (χ2v) is 6.32. The van der Waals surface area contributed by atoms with Crippen LogP contribution in [-0.2, 0) is 6.54 Å². The molecule has 4 heteroatoms. The summed E-state index contributed by atoms with van der Waals surface area (Å²) in [6.45, 7) is 3.59. The Morgan fingerprint density at radius 3 is 2.71 bits per heavy atom. The first-order chi connectivity index (χ1) is 10.3. The van der Waals surface area contributed by atoms with Crippen LogP contribution in [0.5, 0.6) is 5.75 Å². The molecule has 1 saturated carbocycles. The third-order valence-corrected chi connectivity index (χ3v) is 4.83. The van der Waals surface area contributed by atoms with E-state index in [0.29, 0.717) is 12.6 Å². The summed E-state index contributed by atoms with van der Waals surface area (Å²) in [4.78, 5) is 4.73. The Bertz CT molecular complexity index is 558. The van der Waals surface area contributed by atoms with Crippen LogP contribution in [0.4, 0.5) is 0 Å². The minimum absolute atomic E-state index is 0.695. The highest BCUT2D eigenvalue weighted by Gasteiger charge is 2.14. The zero-order valence-electron chi connectivity index (χ0n) is 12.5. The first kappa shape index (κ1) is 14.5. The predicted molar refractivity (Wildman–Crippen MR) is 87.8 cm³/mol. The molecule has 0 radical (unpaired) electrons. The highest BCUT2D eigenvalue weighted by molar-refractivity contribution is 7.13. The summed E-state index contributed by atoms with van der Waals surface area (Å²) in [7, 11) is 0. The molecule has 1 aliphatic carbocycles. The van der Waals surface area contributed by atoms with E-state index in [-0.39, 0.29) is 0 Å². The lowest BCUT2D eigenvalue weighted by Gasteiger charge is -2.09. The number of aromatic nitrogens is 1. The minimum Gasteiger partial charge on any atom is -0.494 e. The zero-order chi connectivity index (χ0) is 14.5. The van der Waals surface area contributed by atoms with Crippen molar-refractivity contribution in [2.75, 3.05) is 6.61 Å². The largest absolute Gasteiger partial charge is 0.494 e. The molecule has 0 amide bonds. The van der Waals surface area contributed by atoms with Gasteiger partial charge in [0.1, 0.15) is 10.8 Å². The van der Waals surface area contributed by atoms with Gasteiger partial charge in [-0.3, -0.25) is 0 Å². The van der Waals surface area contributed by atoms with Crippen LogP contribution in [0.3, 0.4) is 0 Å². The van der Waals surface area contributed by atoms with E-state index >= 15 is 0 Å². The molecule has 0 aliphatic heterocycles. The van der Waals surface area contributed by atoms with Crippen LogP contribution < -0.4 is 10.1 Å². The topological polar surface area (TPSA) is 34.1 Å². The molecule has 0 unspecified atom stereocenters. The smallest absolute Gasteiger partial charge is 0.123 e. The van der Waals surface area contributed by atoms with E-state index < -0.39 is 0 Å². The monoisotopic (exact) mass is 302 g/mol.